The van der Waals surface area contributed by atoms with E-state index in [1.54, 1.807) is 12.4 Å². The Morgan fingerprint density at radius 2 is 1.74 bits per heavy atom. The molecule has 5 rings (SSSR count). The minimum Gasteiger partial charge on any atom is -0.474 e. The molecule has 1 aliphatic heterocycles. The van der Waals surface area contributed by atoms with E-state index in [1.165, 1.54) is 0 Å². The predicted octanol–water partition coefficient (Wildman–Crippen LogP) is 5.23. The Balaban J connectivity index is 1.29. The molecule has 1 saturated carbocycles. The van der Waals surface area contributed by atoms with E-state index in [0.717, 1.165) is 46.5 Å². The average molecular weight is 539 g/mol. The third-order valence-electron chi connectivity index (χ3n) is 6.25. The van der Waals surface area contributed by atoms with Crippen molar-refractivity contribution in [1.82, 2.24) is 19.5 Å². The fourth-order valence-corrected chi connectivity index (χ4v) is 5.23. The smallest absolute Gasteiger partial charge is 0.248 e. The topological polar surface area (TPSA) is 56.1 Å². The Hall–Kier alpha value is -2.04. The van der Waals surface area contributed by atoms with Gasteiger partial charge in [-0.15, -0.1) is 0 Å². The molecule has 1 aliphatic carbocycles. The number of piperidine rings is 1. The number of ether oxygens (including phenoxy) is 1. The fourth-order valence-electron chi connectivity index (χ4n) is 4.51. The molecule has 2 fully saturated rings. The maximum atomic E-state index is 13.6. The summed E-state index contributed by atoms with van der Waals surface area (Å²) >= 11 is 2.29. The highest BCUT2D eigenvalue weighted by atomic mass is 127. The average Bonchev–Trinajstić information content (AvgIpc) is 3.11. The van der Waals surface area contributed by atoms with Crippen molar-refractivity contribution in [3.05, 3.63) is 40.4 Å². The zero-order chi connectivity index (χ0) is 21.4. The molecule has 0 aromatic carbocycles. The lowest BCUT2D eigenvalue weighted by Gasteiger charge is -2.32. The van der Waals surface area contributed by atoms with Gasteiger partial charge in [0.1, 0.15) is 11.8 Å². The first-order chi connectivity index (χ1) is 15.0. The van der Waals surface area contributed by atoms with Crippen molar-refractivity contribution >= 4 is 39.6 Å². The molecule has 6 nitrogen and oxygen atoms in total. The highest BCUT2D eigenvalue weighted by molar-refractivity contribution is 14.1. The zero-order valence-electron chi connectivity index (χ0n) is 17.1. The zero-order valence-corrected chi connectivity index (χ0v) is 19.2. The van der Waals surface area contributed by atoms with Crippen LogP contribution in [-0.4, -0.2) is 44.6 Å². The van der Waals surface area contributed by atoms with Crippen LogP contribution in [0.3, 0.4) is 0 Å². The molecule has 164 valence electrons. The standard InChI is InChI=1S/C22H24F2IN5O/c23-22(24)8-4-15(5-9-22)30-14-18(25)17-2-3-19(28-20(17)30)31-16-6-12-29(13-7-16)21-26-10-1-11-27-21/h1-3,10-11,14-16H,4-9,12-13H2. The molecule has 0 bridgehead atoms. The Bertz CT molecular complexity index is 1040. The summed E-state index contributed by atoms with van der Waals surface area (Å²) in [4.78, 5) is 15.6. The number of alkyl halides is 2. The molecule has 0 N–H and O–H groups in total. The largest absolute Gasteiger partial charge is 0.474 e. The van der Waals surface area contributed by atoms with Crippen LogP contribution in [0, 0.1) is 3.57 Å². The van der Waals surface area contributed by atoms with E-state index in [2.05, 4.69) is 42.0 Å². The molecule has 0 amide bonds. The van der Waals surface area contributed by atoms with E-state index in [0.29, 0.717) is 18.7 Å². The lowest BCUT2D eigenvalue weighted by Crippen LogP contribution is -2.39. The monoisotopic (exact) mass is 539 g/mol. The lowest BCUT2D eigenvalue weighted by molar-refractivity contribution is -0.0436. The van der Waals surface area contributed by atoms with Crippen LogP contribution in [0.4, 0.5) is 14.7 Å². The summed E-state index contributed by atoms with van der Waals surface area (Å²) in [5.41, 5.74) is 0.826. The van der Waals surface area contributed by atoms with Gasteiger partial charge in [0.25, 0.3) is 0 Å². The molecule has 0 atom stereocenters. The number of anilines is 1. The third-order valence-corrected chi connectivity index (χ3v) is 7.11. The van der Waals surface area contributed by atoms with Crippen molar-refractivity contribution < 1.29 is 13.5 Å². The number of halogens is 3. The van der Waals surface area contributed by atoms with Crippen molar-refractivity contribution in [1.29, 1.82) is 0 Å². The summed E-state index contributed by atoms with van der Waals surface area (Å²) in [6.45, 7) is 1.67. The van der Waals surface area contributed by atoms with Gasteiger partial charge in [-0.1, -0.05) is 0 Å². The van der Waals surface area contributed by atoms with Crippen molar-refractivity contribution in [2.75, 3.05) is 18.0 Å². The summed E-state index contributed by atoms with van der Waals surface area (Å²) in [6, 6.07) is 5.82. The molecule has 0 spiro atoms. The van der Waals surface area contributed by atoms with Crippen molar-refractivity contribution in [2.45, 2.75) is 56.6 Å². The molecule has 3 aromatic rings. The van der Waals surface area contributed by atoms with Crippen LogP contribution in [0.25, 0.3) is 11.0 Å². The van der Waals surface area contributed by atoms with Crippen LogP contribution in [-0.2, 0) is 0 Å². The third kappa shape index (κ3) is 4.47. The van der Waals surface area contributed by atoms with Crippen molar-refractivity contribution in [2.24, 2.45) is 0 Å². The number of pyridine rings is 1. The van der Waals surface area contributed by atoms with E-state index < -0.39 is 5.92 Å². The molecule has 0 unspecified atom stereocenters. The van der Waals surface area contributed by atoms with Gasteiger partial charge in [0, 0.05) is 78.4 Å². The maximum Gasteiger partial charge on any atom is 0.248 e. The Morgan fingerprint density at radius 3 is 2.45 bits per heavy atom. The molecule has 9 heteroatoms. The summed E-state index contributed by atoms with van der Waals surface area (Å²) in [5, 5.41) is 1.04. The van der Waals surface area contributed by atoms with Gasteiger partial charge in [-0.3, -0.25) is 0 Å². The van der Waals surface area contributed by atoms with Crippen molar-refractivity contribution in [3.63, 3.8) is 0 Å². The van der Waals surface area contributed by atoms with E-state index >= 15 is 0 Å². The first-order valence-corrected chi connectivity index (χ1v) is 11.8. The SMILES string of the molecule is FC1(F)CCC(n2cc(I)c3ccc(OC4CCN(c5ncccn5)CC4)nc32)CC1. The molecular formula is C22H24F2IN5O. The van der Waals surface area contributed by atoms with Crippen LogP contribution < -0.4 is 9.64 Å². The minimum atomic E-state index is -2.53. The molecular weight excluding hydrogens is 515 g/mol. The second kappa shape index (κ2) is 8.48. The quantitative estimate of drug-likeness (QED) is 0.426. The van der Waals surface area contributed by atoms with Crippen LogP contribution in [0.5, 0.6) is 5.88 Å². The molecule has 2 aliphatic rings. The van der Waals surface area contributed by atoms with Crippen LogP contribution in [0.2, 0.25) is 0 Å². The Kier molecular flexibility index (Phi) is 5.70. The van der Waals surface area contributed by atoms with E-state index in [9.17, 15) is 8.78 Å². The van der Waals surface area contributed by atoms with Crippen LogP contribution in [0.15, 0.2) is 36.8 Å². The van der Waals surface area contributed by atoms with E-state index in [4.69, 9.17) is 9.72 Å². The predicted molar refractivity (Wildman–Crippen MR) is 123 cm³/mol. The molecule has 4 heterocycles. The van der Waals surface area contributed by atoms with Gasteiger partial charge in [0.05, 0.1) is 0 Å². The molecule has 3 aromatic heterocycles. The highest BCUT2D eigenvalue weighted by Crippen LogP contribution is 2.40. The highest BCUT2D eigenvalue weighted by Gasteiger charge is 2.36. The number of rotatable bonds is 4. The normalized spacial score (nSPS) is 20.3. The van der Waals surface area contributed by atoms with Gasteiger partial charge in [-0.25, -0.2) is 18.7 Å². The van der Waals surface area contributed by atoms with Gasteiger partial charge < -0.3 is 14.2 Å². The molecule has 0 radical (unpaired) electrons. The fraction of sp³-hybridized carbons (Fsp3) is 0.500. The van der Waals surface area contributed by atoms with E-state index in [-0.39, 0.29) is 25.0 Å². The summed E-state index contributed by atoms with van der Waals surface area (Å²) in [5.74, 6) is -1.18. The summed E-state index contributed by atoms with van der Waals surface area (Å²) < 4.78 is 36.6. The molecule has 1 saturated heterocycles. The van der Waals surface area contributed by atoms with E-state index in [1.807, 2.05) is 24.4 Å². The van der Waals surface area contributed by atoms with Crippen LogP contribution >= 0.6 is 22.6 Å². The van der Waals surface area contributed by atoms with Gasteiger partial charge in [-0.05, 0) is 47.6 Å². The second-order valence-corrected chi connectivity index (χ2v) is 9.51. The van der Waals surface area contributed by atoms with Gasteiger partial charge in [0.2, 0.25) is 17.8 Å². The van der Waals surface area contributed by atoms with Crippen molar-refractivity contribution in [3.8, 4) is 5.88 Å². The van der Waals surface area contributed by atoms with Gasteiger partial charge in [-0.2, -0.15) is 4.98 Å². The first-order valence-electron chi connectivity index (χ1n) is 10.7. The number of nitrogens with zero attached hydrogens (tertiary/aromatic N) is 5. The molecule has 31 heavy (non-hydrogen) atoms. The lowest BCUT2D eigenvalue weighted by atomic mass is 9.92. The number of hydrogen-bond acceptors (Lipinski definition) is 5. The summed E-state index contributed by atoms with van der Waals surface area (Å²) in [7, 11) is 0. The van der Waals surface area contributed by atoms with Gasteiger partial charge >= 0.3 is 0 Å². The Labute approximate surface area is 193 Å². The number of hydrogen-bond donors (Lipinski definition) is 0. The minimum absolute atomic E-state index is 0.0579. The maximum absolute atomic E-state index is 13.6. The summed E-state index contributed by atoms with van der Waals surface area (Å²) in [6.07, 6.45) is 8.19. The number of fused-ring (bicyclic) bond motifs is 1. The van der Waals surface area contributed by atoms with Gasteiger partial charge in [0.15, 0.2) is 0 Å². The first kappa shape index (κ1) is 20.8. The number of aromatic nitrogens is 4. The van der Waals surface area contributed by atoms with Crippen LogP contribution in [0.1, 0.15) is 44.6 Å². The Morgan fingerprint density at radius 1 is 1.03 bits per heavy atom. The second-order valence-electron chi connectivity index (χ2n) is 8.35.